The van der Waals surface area contributed by atoms with Crippen LogP contribution in [0.15, 0.2) is 48.5 Å². The van der Waals surface area contributed by atoms with E-state index in [2.05, 4.69) is 16.8 Å². The minimum absolute atomic E-state index is 0. The van der Waals surface area contributed by atoms with Crippen molar-refractivity contribution in [2.24, 2.45) is 0 Å². The smallest absolute Gasteiger partial charge is 0.372 e. The van der Waals surface area contributed by atoms with Gasteiger partial charge in [0.1, 0.15) is 0 Å². The molecule has 0 aliphatic carbocycles. The Morgan fingerprint density at radius 2 is 1.76 bits per heavy atom. The number of likely N-dealkylation sites (tertiary alicyclic amines) is 1. The summed E-state index contributed by atoms with van der Waals surface area (Å²) >= 11 is 0. The molecule has 0 spiro atoms. The first-order valence-corrected chi connectivity index (χ1v) is 9.45. The molecule has 1 heterocycles. The average Bonchev–Trinajstić information content (AvgIpc) is 2.67. The van der Waals surface area contributed by atoms with Crippen molar-refractivity contribution in [2.75, 3.05) is 32.1 Å². The molecule has 3 nitrogen and oxygen atoms in total. The van der Waals surface area contributed by atoms with Crippen molar-refractivity contribution in [3.05, 3.63) is 65.2 Å². The van der Waals surface area contributed by atoms with Crippen molar-refractivity contribution in [2.45, 2.75) is 31.5 Å². The van der Waals surface area contributed by atoms with Crippen LogP contribution in [0.4, 0.5) is 18.9 Å². The number of carbonyl (C=O) groups is 1. The quantitative estimate of drug-likeness (QED) is 0.623. The highest BCUT2D eigenvalue weighted by molar-refractivity contribution is 5.99. The fourth-order valence-electron chi connectivity index (χ4n) is 3.73. The van der Waals surface area contributed by atoms with Crippen LogP contribution in [0, 0.1) is 0 Å². The number of alkyl halides is 3. The minimum atomic E-state index is -4.54. The first-order chi connectivity index (χ1) is 13.3. The van der Waals surface area contributed by atoms with Crippen LogP contribution in [0.3, 0.4) is 0 Å². The molecule has 7 heteroatoms. The van der Waals surface area contributed by atoms with E-state index in [0.29, 0.717) is 6.04 Å². The molecule has 0 unspecified atom stereocenters. The molecule has 2 aromatic carbocycles. The number of halogens is 4. The summed E-state index contributed by atoms with van der Waals surface area (Å²) in [6, 6.07) is 12.9. The summed E-state index contributed by atoms with van der Waals surface area (Å²) in [6.07, 6.45) is -2.46. The Morgan fingerprint density at radius 3 is 2.41 bits per heavy atom. The largest absolute Gasteiger partial charge is 0.417 e. The molecule has 1 aliphatic heterocycles. The fraction of sp³-hybridized carbons (Fsp3) is 0.409. The van der Waals surface area contributed by atoms with Gasteiger partial charge in [0.25, 0.3) is 0 Å². The predicted molar refractivity (Wildman–Crippen MR) is 112 cm³/mol. The van der Waals surface area contributed by atoms with Crippen LogP contribution in [0.25, 0.3) is 0 Å². The molecule has 0 saturated carbocycles. The second-order valence-corrected chi connectivity index (χ2v) is 7.46. The van der Waals surface area contributed by atoms with E-state index >= 15 is 0 Å². The van der Waals surface area contributed by atoms with E-state index in [4.69, 9.17) is 0 Å². The lowest BCUT2D eigenvalue weighted by Gasteiger charge is -2.36. The molecule has 0 bridgehead atoms. The molecular weight excluding hydrogens is 401 g/mol. The number of hydrogen-bond acceptors (Lipinski definition) is 3. The van der Waals surface area contributed by atoms with Crippen molar-refractivity contribution < 1.29 is 18.0 Å². The van der Waals surface area contributed by atoms with E-state index in [1.54, 1.807) is 6.07 Å². The van der Waals surface area contributed by atoms with Crippen molar-refractivity contribution in [3.63, 3.8) is 0 Å². The number of piperidine rings is 1. The van der Waals surface area contributed by atoms with Crippen LogP contribution in [-0.2, 0) is 12.6 Å². The van der Waals surface area contributed by atoms with Gasteiger partial charge in [-0.25, -0.2) is 0 Å². The summed E-state index contributed by atoms with van der Waals surface area (Å²) in [5.41, 5.74) is 0.562. The molecule has 0 N–H and O–H groups in total. The summed E-state index contributed by atoms with van der Waals surface area (Å²) in [5.74, 6) is -0.521. The lowest BCUT2D eigenvalue weighted by molar-refractivity contribution is -0.137. The zero-order chi connectivity index (χ0) is 20.3. The number of nitrogens with zero attached hydrogens (tertiary/aromatic N) is 2. The summed E-state index contributed by atoms with van der Waals surface area (Å²) in [6.45, 7) is 2.09. The Balaban J connectivity index is 0.00000300. The lowest BCUT2D eigenvalue weighted by atomic mass is 9.97. The zero-order valence-corrected chi connectivity index (χ0v) is 17.4. The third-order valence-corrected chi connectivity index (χ3v) is 5.45. The summed E-state index contributed by atoms with van der Waals surface area (Å²) in [4.78, 5) is 17.1. The van der Waals surface area contributed by atoms with Crippen LogP contribution in [0.1, 0.15) is 34.3 Å². The molecule has 2 aromatic rings. The number of Topliss-reactive ketones (excluding diaryl/α,β-unsaturated/α-hetero) is 1. The topological polar surface area (TPSA) is 23.6 Å². The van der Waals surface area contributed by atoms with Crippen molar-refractivity contribution >= 4 is 23.9 Å². The highest BCUT2D eigenvalue weighted by atomic mass is 35.5. The molecule has 0 atom stereocenters. The predicted octanol–water partition coefficient (Wildman–Crippen LogP) is 5.08. The number of anilines is 1. The number of carbonyl (C=O) groups excluding carboxylic acids is 1. The van der Waals surface area contributed by atoms with Crippen molar-refractivity contribution in [1.29, 1.82) is 0 Å². The molecule has 1 fully saturated rings. The number of benzene rings is 2. The van der Waals surface area contributed by atoms with Gasteiger partial charge in [0.15, 0.2) is 5.78 Å². The zero-order valence-electron chi connectivity index (χ0n) is 16.6. The SMILES string of the molecule is CN1CCC(N(C)c2cccc(CC(=O)c3ccccc3C(F)(F)F)c2)CC1.Cl. The van der Waals surface area contributed by atoms with Gasteiger partial charge in [-0.3, -0.25) is 4.79 Å². The van der Waals surface area contributed by atoms with Crippen molar-refractivity contribution in [1.82, 2.24) is 4.90 Å². The molecule has 0 aromatic heterocycles. The van der Waals surface area contributed by atoms with Gasteiger partial charge < -0.3 is 9.80 Å². The highest BCUT2D eigenvalue weighted by Gasteiger charge is 2.34. The maximum Gasteiger partial charge on any atom is 0.417 e. The molecule has 29 heavy (non-hydrogen) atoms. The average molecular weight is 427 g/mol. The fourth-order valence-corrected chi connectivity index (χ4v) is 3.73. The number of ketones is 1. The maximum atomic E-state index is 13.2. The highest BCUT2D eigenvalue weighted by Crippen LogP contribution is 2.32. The second kappa shape index (κ2) is 9.63. The van der Waals surface area contributed by atoms with Gasteiger partial charge in [-0.15, -0.1) is 12.4 Å². The first-order valence-electron chi connectivity index (χ1n) is 9.45. The minimum Gasteiger partial charge on any atom is -0.372 e. The summed E-state index contributed by atoms with van der Waals surface area (Å²) < 4.78 is 39.6. The third-order valence-electron chi connectivity index (χ3n) is 5.45. The molecule has 1 saturated heterocycles. The van der Waals surface area contributed by atoms with Gasteiger partial charge in [0.2, 0.25) is 0 Å². The van der Waals surface area contributed by atoms with Crippen LogP contribution in [0.5, 0.6) is 0 Å². The van der Waals surface area contributed by atoms with Gasteiger partial charge in [-0.2, -0.15) is 13.2 Å². The summed E-state index contributed by atoms with van der Waals surface area (Å²) in [7, 11) is 4.15. The Labute approximate surface area is 175 Å². The van der Waals surface area contributed by atoms with E-state index in [0.717, 1.165) is 43.2 Å². The molecule has 1 aliphatic rings. The Kier molecular flexibility index (Phi) is 7.72. The number of rotatable bonds is 5. The number of hydrogen-bond donors (Lipinski definition) is 0. The van der Waals surface area contributed by atoms with E-state index in [1.807, 2.05) is 25.2 Å². The Hall–Kier alpha value is -2.05. The monoisotopic (exact) mass is 426 g/mol. The standard InChI is InChI=1S/C22H25F3N2O.ClH/c1-26-12-10-17(11-13-26)27(2)18-7-5-6-16(14-18)15-21(28)19-8-3-4-9-20(19)22(23,24)25;/h3-9,14,17H,10-13,15H2,1-2H3;1H. The van der Waals surface area contributed by atoms with E-state index in [-0.39, 0.29) is 24.4 Å². The second-order valence-electron chi connectivity index (χ2n) is 7.46. The normalized spacial score (nSPS) is 15.6. The third kappa shape index (κ3) is 5.73. The van der Waals surface area contributed by atoms with Gasteiger partial charge in [0.05, 0.1) is 5.56 Å². The van der Waals surface area contributed by atoms with Gasteiger partial charge in [0, 0.05) is 30.8 Å². The van der Waals surface area contributed by atoms with Crippen molar-refractivity contribution in [3.8, 4) is 0 Å². The first kappa shape index (κ1) is 23.2. The van der Waals surface area contributed by atoms with Crippen LogP contribution in [-0.4, -0.2) is 43.9 Å². The Bertz CT molecular complexity index is 833. The maximum absolute atomic E-state index is 13.2. The van der Waals surface area contributed by atoms with E-state index in [1.165, 1.54) is 18.2 Å². The molecule has 158 valence electrons. The van der Waals surface area contributed by atoms with Crippen LogP contribution < -0.4 is 4.90 Å². The lowest BCUT2D eigenvalue weighted by Crippen LogP contribution is -2.42. The Morgan fingerprint density at radius 1 is 1.10 bits per heavy atom. The van der Waals surface area contributed by atoms with Gasteiger partial charge in [-0.05, 0) is 56.7 Å². The van der Waals surface area contributed by atoms with E-state index < -0.39 is 17.5 Å². The molecule has 3 rings (SSSR count). The molecule has 0 amide bonds. The van der Waals surface area contributed by atoms with Crippen LogP contribution >= 0.6 is 12.4 Å². The molecular formula is C22H26ClF3N2O. The summed E-state index contributed by atoms with van der Waals surface area (Å²) in [5, 5.41) is 0. The molecule has 0 radical (unpaired) electrons. The van der Waals surface area contributed by atoms with Crippen LogP contribution in [0.2, 0.25) is 0 Å². The van der Waals surface area contributed by atoms with Gasteiger partial charge in [-0.1, -0.05) is 30.3 Å². The van der Waals surface area contributed by atoms with Gasteiger partial charge >= 0.3 is 6.18 Å². The van der Waals surface area contributed by atoms with E-state index in [9.17, 15) is 18.0 Å².